The second-order valence-electron chi connectivity index (χ2n) is 1.59. The number of halogens is 3. The number of aromatic amines is 1. The van der Waals surface area contributed by atoms with Crippen LogP contribution in [0.15, 0.2) is 15.6 Å². The molecule has 10 heavy (non-hydrogen) atoms. The third-order valence-corrected chi connectivity index (χ3v) is 2.43. The van der Waals surface area contributed by atoms with Crippen molar-refractivity contribution in [1.29, 1.82) is 0 Å². The van der Waals surface area contributed by atoms with Crippen molar-refractivity contribution >= 4 is 39.1 Å². The van der Waals surface area contributed by atoms with Gasteiger partial charge in [0.05, 0.1) is 0 Å². The van der Waals surface area contributed by atoms with Crippen molar-refractivity contribution in [2.45, 2.75) is 0 Å². The van der Waals surface area contributed by atoms with Crippen molar-refractivity contribution in [1.82, 2.24) is 4.98 Å². The van der Waals surface area contributed by atoms with Gasteiger partial charge in [-0.1, -0.05) is 23.2 Å². The molecule has 0 fully saturated rings. The van der Waals surface area contributed by atoms with Gasteiger partial charge in [-0.3, -0.25) is 4.79 Å². The van der Waals surface area contributed by atoms with Crippen LogP contribution in [0.3, 0.4) is 0 Å². The maximum absolute atomic E-state index is 10.9. The Labute approximate surface area is 75.3 Å². The first kappa shape index (κ1) is 8.11. The molecule has 0 atom stereocenters. The van der Waals surface area contributed by atoms with E-state index in [-0.39, 0.29) is 15.5 Å². The van der Waals surface area contributed by atoms with Crippen LogP contribution in [-0.2, 0) is 0 Å². The van der Waals surface area contributed by atoms with Crippen molar-refractivity contribution in [3.8, 4) is 0 Å². The lowest BCUT2D eigenvalue weighted by molar-refractivity contribution is 1.25. The minimum absolute atomic E-state index is 0.0764. The van der Waals surface area contributed by atoms with E-state index in [1.165, 1.54) is 6.20 Å². The van der Waals surface area contributed by atoms with Gasteiger partial charge in [-0.2, -0.15) is 0 Å². The molecule has 0 spiro atoms. The molecule has 5 heteroatoms. The van der Waals surface area contributed by atoms with Gasteiger partial charge in [0.1, 0.15) is 14.6 Å². The lowest BCUT2D eigenvalue weighted by atomic mass is 10.5. The Morgan fingerprint density at radius 3 is 2.60 bits per heavy atom. The number of aromatic nitrogens is 1. The Bertz CT molecular complexity index is 309. The summed E-state index contributed by atoms with van der Waals surface area (Å²) in [4.78, 5) is 13.5. The molecule has 0 aliphatic heterocycles. The van der Waals surface area contributed by atoms with Crippen LogP contribution in [0.2, 0.25) is 10.0 Å². The minimum atomic E-state index is -0.367. The molecule has 0 amide bonds. The standard InChI is InChI=1S/C5H2BrCl2NO/c6-5-3(8)4(10)2(7)1-9-5/h1H,(H,9,10). The van der Waals surface area contributed by atoms with E-state index in [1.807, 2.05) is 0 Å². The van der Waals surface area contributed by atoms with E-state index in [0.29, 0.717) is 4.60 Å². The quantitative estimate of drug-likeness (QED) is 0.697. The Morgan fingerprint density at radius 1 is 1.50 bits per heavy atom. The normalized spacial score (nSPS) is 9.90. The van der Waals surface area contributed by atoms with Crippen LogP contribution in [0.1, 0.15) is 0 Å². The summed E-state index contributed by atoms with van der Waals surface area (Å²) in [6.45, 7) is 0. The van der Waals surface area contributed by atoms with E-state index in [2.05, 4.69) is 20.9 Å². The first-order valence-corrected chi connectivity index (χ1v) is 3.90. The topological polar surface area (TPSA) is 32.9 Å². The molecule has 1 aromatic rings. The maximum Gasteiger partial charge on any atom is 0.219 e. The number of nitrogens with one attached hydrogen (secondary N) is 1. The van der Waals surface area contributed by atoms with Crippen molar-refractivity contribution in [3.05, 3.63) is 31.1 Å². The molecule has 0 radical (unpaired) electrons. The molecular formula is C5H2BrCl2NO. The number of rotatable bonds is 0. The predicted octanol–water partition coefficient (Wildman–Crippen LogP) is 2.44. The predicted molar refractivity (Wildman–Crippen MR) is 44.8 cm³/mol. The molecule has 2 nitrogen and oxygen atoms in total. The first-order chi connectivity index (χ1) is 4.63. The Balaban J connectivity index is 3.50. The van der Waals surface area contributed by atoms with Gasteiger partial charge in [0.15, 0.2) is 0 Å². The van der Waals surface area contributed by atoms with E-state index in [4.69, 9.17) is 23.2 Å². The second-order valence-corrected chi connectivity index (χ2v) is 3.17. The first-order valence-electron chi connectivity index (χ1n) is 2.35. The summed E-state index contributed by atoms with van der Waals surface area (Å²) in [5, 5.41) is 0.167. The van der Waals surface area contributed by atoms with Gasteiger partial charge >= 0.3 is 0 Å². The molecule has 0 bridgehead atoms. The minimum Gasteiger partial charge on any atom is -0.353 e. The zero-order chi connectivity index (χ0) is 7.72. The molecule has 54 valence electrons. The van der Waals surface area contributed by atoms with Gasteiger partial charge in [0.2, 0.25) is 5.43 Å². The number of pyridine rings is 1. The third kappa shape index (κ3) is 1.36. The van der Waals surface area contributed by atoms with E-state index < -0.39 is 0 Å². The molecule has 0 saturated carbocycles. The zero-order valence-corrected chi connectivity index (χ0v) is 7.72. The van der Waals surface area contributed by atoms with Crippen LogP contribution in [0.5, 0.6) is 0 Å². The highest BCUT2D eigenvalue weighted by atomic mass is 79.9. The summed E-state index contributed by atoms with van der Waals surface area (Å²) in [5.41, 5.74) is -0.367. The molecule has 0 aliphatic rings. The fourth-order valence-corrected chi connectivity index (χ4v) is 1.11. The molecule has 1 aromatic heterocycles. The van der Waals surface area contributed by atoms with E-state index in [1.54, 1.807) is 0 Å². The highest BCUT2D eigenvalue weighted by Gasteiger charge is 2.04. The molecule has 0 aromatic carbocycles. The van der Waals surface area contributed by atoms with Crippen molar-refractivity contribution in [3.63, 3.8) is 0 Å². The van der Waals surface area contributed by atoms with Crippen molar-refractivity contribution < 1.29 is 0 Å². The van der Waals surface area contributed by atoms with Crippen LogP contribution in [0, 0.1) is 0 Å². The highest BCUT2D eigenvalue weighted by molar-refractivity contribution is 9.10. The van der Waals surface area contributed by atoms with Crippen LogP contribution in [0.25, 0.3) is 0 Å². The summed E-state index contributed by atoms with van der Waals surface area (Å²) < 4.78 is 0.448. The fourth-order valence-electron chi connectivity index (χ4n) is 0.460. The average Bonchev–Trinajstić information content (AvgIpc) is 1.93. The molecule has 0 unspecified atom stereocenters. The number of H-pyrrole nitrogens is 1. The summed E-state index contributed by atoms with van der Waals surface area (Å²) in [5.74, 6) is 0. The van der Waals surface area contributed by atoms with Gasteiger partial charge < -0.3 is 4.98 Å². The summed E-state index contributed by atoms with van der Waals surface area (Å²) in [6, 6.07) is 0. The lowest BCUT2D eigenvalue weighted by Crippen LogP contribution is -2.02. The van der Waals surface area contributed by atoms with Gasteiger partial charge in [0, 0.05) is 6.20 Å². The summed E-state index contributed by atoms with van der Waals surface area (Å²) in [6.07, 6.45) is 1.37. The van der Waals surface area contributed by atoms with Gasteiger partial charge in [-0.25, -0.2) is 0 Å². The monoisotopic (exact) mass is 241 g/mol. The van der Waals surface area contributed by atoms with Crippen molar-refractivity contribution in [2.75, 3.05) is 0 Å². The maximum atomic E-state index is 10.9. The van der Waals surface area contributed by atoms with E-state index in [9.17, 15) is 4.79 Å². The fraction of sp³-hybridized carbons (Fsp3) is 0. The lowest BCUT2D eigenvalue weighted by Gasteiger charge is -1.93. The van der Waals surface area contributed by atoms with Crippen molar-refractivity contribution in [2.24, 2.45) is 0 Å². The Kier molecular flexibility index (Phi) is 2.39. The van der Waals surface area contributed by atoms with Crippen LogP contribution < -0.4 is 5.43 Å². The second kappa shape index (κ2) is 2.95. The van der Waals surface area contributed by atoms with Crippen LogP contribution >= 0.6 is 39.1 Å². The molecule has 0 aliphatic carbocycles. The highest BCUT2D eigenvalue weighted by Crippen LogP contribution is 2.16. The Morgan fingerprint density at radius 2 is 2.10 bits per heavy atom. The van der Waals surface area contributed by atoms with Gasteiger partial charge in [-0.15, -0.1) is 0 Å². The van der Waals surface area contributed by atoms with E-state index >= 15 is 0 Å². The molecule has 0 saturated heterocycles. The SMILES string of the molecule is O=c1c(Cl)c[nH]c(Br)c1Cl. The van der Waals surface area contributed by atoms with Crippen LogP contribution in [-0.4, -0.2) is 4.98 Å². The largest absolute Gasteiger partial charge is 0.353 e. The summed E-state index contributed by atoms with van der Waals surface area (Å²) >= 11 is 14.0. The summed E-state index contributed by atoms with van der Waals surface area (Å²) in [7, 11) is 0. The van der Waals surface area contributed by atoms with E-state index in [0.717, 1.165) is 0 Å². The molecule has 1 N–H and O–H groups in total. The zero-order valence-electron chi connectivity index (χ0n) is 4.62. The molecular weight excluding hydrogens is 241 g/mol. The average molecular weight is 243 g/mol. The number of hydrogen-bond donors (Lipinski definition) is 1. The molecule has 1 heterocycles. The third-order valence-electron chi connectivity index (χ3n) is 0.935. The smallest absolute Gasteiger partial charge is 0.219 e. The molecule has 1 rings (SSSR count). The Hall–Kier alpha value is 0.01000. The van der Waals surface area contributed by atoms with Gasteiger partial charge in [0.25, 0.3) is 0 Å². The van der Waals surface area contributed by atoms with Crippen LogP contribution in [0.4, 0.5) is 0 Å². The van der Waals surface area contributed by atoms with Gasteiger partial charge in [-0.05, 0) is 15.9 Å². The number of hydrogen-bond acceptors (Lipinski definition) is 1.